The van der Waals surface area contributed by atoms with E-state index in [-0.39, 0.29) is 5.91 Å². The standard InChI is InChI=1S/C16H24N2O2/c1-20-13-5-2-10-17-16(19)14-6-8-15(9-7-14)18-11-3-4-12-18/h6-9H,2-5,10-13H2,1H3,(H,17,19). The fraction of sp³-hybridized carbons (Fsp3) is 0.562. The van der Waals surface area contributed by atoms with E-state index in [4.69, 9.17) is 4.74 Å². The summed E-state index contributed by atoms with van der Waals surface area (Å²) in [4.78, 5) is 14.3. The molecule has 0 spiro atoms. The van der Waals surface area contributed by atoms with Gasteiger partial charge >= 0.3 is 0 Å². The molecule has 20 heavy (non-hydrogen) atoms. The van der Waals surface area contributed by atoms with Crippen molar-refractivity contribution in [2.24, 2.45) is 0 Å². The minimum Gasteiger partial charge on any atom is -0.385 e. The van der Waals surface area contributed by atoms with E-state index in [0.29, 0.717) is 6.54 Å². The molecule has 1 aliphatic rings. The predicted octanol–water partition coefficient (Wildman–Crippen LogP) is 2.44. The van der Waals surface area contributed by atoms with Crippen LogP contribution in [0.5, 0.6) is 0 Å². The Morgan fingerprint density at radius 2 is 1.90 bits per heavy atom. The van der Waals surface area contributed by atoms with Crippen LogP contribution in [0.2, 0.25) is 0 Å². The molecule has 0 radical (unpaired) electrons. The normalized spacial score (nSPS) is 14.6. The molecule has 0 unspecified atom stereocenters. The van der Waals surface area contributed by atoms with Gasteiger partial charge in [-0.3, -0.25) is 4.79 Å². The van der Waals surface area contributed by atoms with Gasteiger partial charge in [0.25, 0.3) is 5.91 Å². The first-order chi connectivity index (χ1) is 9.81. The number of carbonyl (C=O) groups excluding carboxylic acids is 1. The van der Waals surface area contributed by atoms with Crippen LogP contribution in [-0.4, -0.2) is 39.3 Å². The summed E-state index contributed by atoms with van der Waals surface area (Å²) >= 11 is 0. The van der Waals surface area contributed by atoms with E-state index in [2.05, 4.69) is 10.2 Å². The van der Waals surface area contributed by atoms with E-state index in [1.165, 1.54) is 18.5 Å². The van der Waals surface area contributed by atoms with Gasteiger partial charge in [0.1, 0.15) is 0 Å². The van der Waals surface area contributed by atoms with Crippen molar-refractivity contribution in [3.63, 3.8) is 0 Å². The molecule has 1 aromatic rings. The third kappa shape index (κ3) is 4.23. The lowest BCUT2D eigenvalue weighted by molar-refractivity contribution is 0.0951. The molecule has 0 atom stereocenters. The highest BCUT2D eigenvalue weighted by atomic mass is 16.5. The lowest BCUT2D eigenvalue weighted by Crippen LogP contribution is -2.24. The maximum atomic E-state index is 12.0. The zero-order valence-corrected chi connectivity index (χ0v) is 12.2. The van der Waals surface area contributed by atoms with Gasteiger partial charge in [-0.05, 0) is 49.9 Å². The Morgan fingerprint density at radius 3 is 2.55 bits per heavy atom. The number of nitrogens with zero attached hydrogens (tertiary/aromatic N) is 1. The molecule has 1 fully saturated rings. The number of unbranched alkanes of at least 4 members (excludes halogenated alkanes) is 1. The molecule has 2 rings (SSSR count). The van der Waals surface area contributed by atoms with E-state index in [9.17, 15) is 4.79 Å². The average Bonchev–Trinajstić information content (AvgIpc) is 3.01. The van der Waals surface area contributed by atoms with Crippen LogP contribution < -0.4 is 10.2 Å². The molecule has 0 bridgehead atoms. The van der Waals surface area contributed by atoms with Crippen molar-refractivity contribution in [3.05, 3.63) is 29.8 Å². The average molecular weight is 276 g/mol. The summed E-state index contributed by atoms with van der Waals surface area (Å²) in [7, 11) is 1.69. The highest BCUT2D eigenvalue weighted by molar-refractivity contribution is 5.94. The molecule has 0 aromatic heterocycles. The summed E-state index contributed by atoms with van der Waals surface area (Å²) in [5.41, 5.74) is 1.96. The number of benzene rings is 1. The van der Waals surface area contributed by atoms with Crippen molar-refractivity contribution in [3.8, 4) is 0 Å². The largest absolute Gasteiger partial charge is 0.385 e. The second-order valence-electron chi connectivity index (χ2n) is 5.20. The Bertz CT molecular complexity index is 411. The van der Waals surface area contributed by atoms with Crippen LogP contribution in [0.15, 0.2) is 24.3 Å². The Morgan fingerprint density at radius 1 is 1.20 bits per heavy atom. The lowest BCUT2D eigenvalue weighted by atomic mass is 10.2. The number of carbonyl (C=O) groups is 1. The van der Waals surface area contributed by atoms with Gasteiger partial charge in [0.15, 0.2) is 0 Å². The van der Waals surface area contributed by atoms with Crippen molar-refractivity contribution in [2.45, 2.75) is 25.7 Å². The number of rotatable bonds is 7. The first-order valence-electron chi connectivity index (χ1n) is 7.43. The first-order valence-corrected chi connectivity index (χ1v) is 7.43. The van der Waals surface area contributed by atoms with Crippen LogP contribution in [0.25, 0.3) is 0 Å². The van der Waals surface area contributed by atoms with Gasteiger partial charge in [0.05, 0.1) is 0 Å². The smallest absolute Gasteiger partial charge is 0.251 e. The van der Waals surface area contributed by atoms with Crippen LogP contribution in [0.1, 0.15) is 36.0 Å². The SMILES string of the molecule is COCCCCNC(=O)c1ccc(N2CCCC2)cc1. The number of hydrogen-bond donors (Lipinski definition) is 1. The van der Waals surface area contributed by atoms with Gasteiger partial charge in [-0.2, -0.15) is 0 Å². The monoisotopic (exact) mass is 276 g/mol. The third-order valence-corrected chi connectivity index (χ3v) is 3.66. The van der Waals surface area contributed by atoms with Gasteiger partial charge in [-0.15, -0.1) is 0 Å². The highest BCUT2D eigenvalue weighted by Gasteiger charge is 2.12. The van der Waals surface area contributed by atoms with Crippen LogP contribution >= 0.6 is 0 Å². The molecule has 0 aliphatic carbocycles. The van der Waals surface area contributed by atoms with Crippen molar-refractivity contribution in [1.29, 1.82) is 0 Å². The van der Waals surface area contributed by atoms with E-state index in [1.54, 1.807) is 7.11 Å². The predicted molar refractivity (Wildman–Crippen MR) is 81.3 cm³/mol. The first kappa shape index (κ1) is 14.9. The molecule has 1 saturated heterocycles. The minimum absolute atomic E-state index is 0.00962. The molecule has 1 aromatic carbocycles. The zero-order valence-electron chi connectivity index (χ0n) is 12.2. The van der Waals surface area contributed by atoms with Crippen LogP contribution in [0, 0.1) is 0 Å². The summed E-state index contributed by atoms with van der Waals surface area (Å²) in [6, 6.07) is 7.92. The molecule has 1 aliphatic heterocycles. The molecule has 1 heterocycles. The fourth-order valence-electron chi connectivity index (χ4n) is 2.47. The quantitative estimate of drug-likeness (QED) is 0.778. The van der Waals surface area contributed by atoms with Crippen molar-refractivity contribution in [1.82, 2.24) is 5.32 Å². The number of methoxy groups -OCH3 is 1. The van der Waals surface area contributed by atoms with E-state index in [0.717, 1.165) is 38.1 Å². The van der Waals surface area contributed by atoms with Gasteiger partial charge in [0.2, 0.25) is 0 Å². The number of nitrogens with one attached hydrogen (secondary N) is 1. The van der Waals surface area contributed by atoms with Gasteiger partial charge in [-0.25, -0.2) is 0 Å². The zero-order chi connectivity index (χ0) is 14.2. The fourth-order valence-corrected chi connectivity index (χ4v) is 2.47. The van der Waals surface area contributed by atoms with Gasteiger partial charge in [-0.1, -0.05) is 0 Å². The van der Waals surface area contributed by atoms with E-state index >= 15 is 0 Å². The van der Waals surface area contributed by atoms with Crippen LogP contribution in [-0.2, 0) is 4.74 Å². The van der Waals surface area contributed by atoms with Gasteiger partial charge < -0.3 is 15.0 Å². The Hall–Kier alpha value is -1.55. The molecule has 0 saturated carbocycles. The second kappa shape index (κ2) is 7.90. The maximum Gasteiger partial charge on any atom is 0.251 e. The molecular formula is C16H24N2O2. The summed E-state index contributed by atoms with van der Waals surface area (Å²) < 4.78 is 4.98. The lowest BCUT2D eigenvalue weighted by Gasteiger charge is -2.17. The Balaban J connectivity index is 1.78. The highest BCUT2D eigenvalue weighted by Crippen LogP contribution is 2.20. The maximum absolute atomic E-state index is 12.0. The summed E-state index contributed by atoms with van der Waals surface area (Å²) in [6.45, 7) is 3.71. The third-order valence-electron chi connectivity index (χ3n) is 3.66. The minimum atomic E-state index is 0.00962. The number of anilines is 1. The molecule has 4 heteroatoms. The molecule has 4 nitrogen and oxygen atoms in total. The topological polar surface area (TPSA) is 41.6 Å². The molecule has 1 N–H and O–H groups in total. The summed E-state index contributed by atoms with van der Waals surface area (Å²) in [5, 5.41) is 2.94. The van der Waals surface area contributed by atoms with Crippen LogP contribution in [0.4, 0.5) is 5.69 Å². The number of ether oxygens (including phenoxy) is 1. The van der Waals surface area contributed by atoms with E-state index in [1.807, 2.05) is 24.3 Å². The summed E-state index contributed by atoms with van der Waals surface area (Å²) in [5.74, 6) is 0.00962. The molecule has 110 valence electrons. The molecule has 1 amide bonds. The number of hydrogen-bond acceptors (Lipinski definition) is 3. The van der Waals surface area contributed by atoms with Crippen LogP contribution in [0.3, 0.4) is 0 Å². The second-order valence-corrected chi connectivity index (χ2v) is 5.20. The number of amides is 1. The van der Waals surface area contributed by atoms with Crippen molar-refractivity contribution in [2.75, 3.05) is 38.3 Å². The van der Waals surface area contributed by atoms with Crippen molar-refractivity contribution >= 4 is 11.6 Å². The Kier molecular flexibility index (Phi) is 5.87. The van der Waals surface area contributed by atoms with E-state index < -0.39 is 0 Å². The Labute approximate surface area is 121 Å². The summed E-state index contributed by atoms with van der Waals surface area (Å²) in [6.07, 6.45) is 4.46. The molecular weight excluding hydrogens is 252 g/mol. The van der Waals surface area contributed by atoms with Gasteiger partial charge in [0, 0.05) is 44.6 Å². The van der Waals surface area contributed by atoms with Crippen molar-refractivity contribution < 1.29 is 9.53 Å².